The fourth-order valence-corrected chi connectivity index (χ4v) is 0.236. The Morgan fingerprint density at radius 3 is 2.29 bits per heavy atom. The Kier molecular flexibility index (Phi) is 15.2. The average Bonchev–Trinajstić information content (AvgIpc) is 1.61. The molecule has 0 unspecified atom stereocenters. The zero-order valence-corrected chi connectivity index (χ0v) is 7.27. The molecule has 1 radical (unpaired) electrons. The van der Waals surface area contributed by atoms with Gasteiger partial charge >= 0.3 is 0 Å². The molecule has 0 fully saturated rings. The van der Waals surface area contributed by atoms with Gasteiger partial charge in [0.2, 0.25) is 0 Å². The number of allylic oxidation sites excluding steroid dienone is 1. The first kappa shape index (κ1) is 10.7. The molecule has 0 aromatic rings. The minimum atomic E-state index is 0. The van der Waals surface area contributed by atoms with E-state index in [2.05, 4.69) is 0 Å². The Balaban J connectivity index is 0. The van der Waals surface area contributed by atoms with Gasteiger partial charge < -0.3 is 12.3 Å². The summed E-state index contributed by atoms with van der Waals surface area (Å²) in [6, 6.07) is 0. The second-order valence-electron chi connectivity index (χ2n) is 1.17. The predicted octanol–water partition coefficient (Wildman–Crippen LogP) is 0.712. The van der Waals surface area contributed by atoms with Gasteiger partial charge in [0.1, 0.15) is 0 Å². The molecule has 2 N–H and O–H groups in total. The molecule has 0 aliphatic heterocycles. The Labute approximate surface area is 70.2 Å². The van der Waals surface area contributed by atoms with Gasteiger partial charge in [-0.25, -0.2) is 0 Å². The van der Waals surface area contributed by atoms with Crippen LogP contribution < -0.4 is 5.73 Å². The number of rotatable bonds is 3. The zero-order chi connectivity index (χ0) is 4.83. The van der Waals surface area contributed by atoms with Crippen molar-refractivity contribution in [1.82, 2.24) is 0 Å². The maximum absolute atomic E-state index is 5.14. The molecular formula is C5H10NY-. The number of hydrogen-bond acceptors (Lipinski definition) is 1. The minimum absolute atomic E-state index is 0. The van der Waals surface area contributed by atoms with Gasteiger partial charge in [0, 0.05) is 32.7 Å². The van der Waals surface area contributed by atoms with Crippen molar-refractivity contribution in [3.8, 4) is 0 Å². The maximum Gasteiger partial charge on any atom is 0 e. The van der Waals surface area contributed by atoms with Crippen LogP contribution >= 0.6 is 0 Å². The van der Waals surface area contributed by atoms with Crippen LogP contribution in [0, 0.1) is 6.58 Å². The molecule has 0 heterocycles. The summed E-state index contributed by atoms with van der Waals surface area (Å²) in [5.41, 5.74) is 5.14. The number of hydrogen-bond donors (Lipinski definition) is 1. The number of unbranched alkanes of at least 4 members (excludes halogenated alkanes) is 1. The van der Waals surface area contributed by atoms with Crippen LogP contribution in [0.2, 0.25) is 0 Å². The summed E-state index contributed by atoms with van der Waals surface area (Å²) < 4.78 is 0. The van der Waals surface area contributed by atoms with Crippen molar-refractivity contribution in [3.05, 3.63) is 12.7 Å². The third kappa shape index (κ3) is 10.9. The van der Waals surface area contributed by atoms with Gasteiger partial charge in [0.25, 0.3) is 0 Å². The molecule has 2 heteroatoms. The number of nitrogens with two attached hydrogens (primary N) is 1. The van der Waals surface area contributed by atoms with Crippen molar-refractivity contribution in [2.45, 2.75) is 12.8 Å². The SMILES string of the molecule is [CH-]=CCCCN.[Y]. The molecule has 39 valence electrons. The van der Waals surface area contributed by atoms with Gasteiger partial charge in [-0.05, 0) is 13.0 Å². The Morgan fingerprint density at radius 2 is 2.14 bits per heavy atom. The molecule has 0 bridgehead atoms. The van der Waals surface area contributed by atoms with Crippen LogP contribution in [-0.4, -0.2) is 6.54 Å². The van der Waals surface area contributed by atoms with Crippen LogP contribution in [0.1, 0.15) is 12.8 Å². The summed E-state index contributed by atoms with van der Waals surface area (Å²) in [6.07, 6.45) is 3.58. The van der Waals surface area contributed by atoms with Crippen molar-refractivity contribution in [1.29, 1.82) is 0 Å². The van der Waals surface area contributed by atoms with E-state index in [0.717, 1.165) is 19.4 Å². The molecule has 1 nitrogen and oxygen atoms in total. The second kappa shape index (κ2) is 9.93. The summed E-state index contributed by atoms with van der Waals surface area (Å²) in [4.78, 5) is 0. The first-order valence-corrected chi connectivity index (χ1v) is 2.15. The normalized spacial score (nSPS) is 7.00. The van der Waals surface area contributed by atoms with Gasteiger partial charge in [-0.15, -0.1) is 0 Å². The summed E-state index contributed by atoms with van der Waals surface area (Å²) >= 11 is 0. The standard InChI is InChI=1S/C5H10N.Y/c1-2-3-4-5-6;/h1-2H,3-6H2;/q-1;. The first-order valence-electron chi connectivity index (χ1n) is 2.15. The van der Waals surface area contributed by atoms with Crippen LogP contribution in [0.3, 0.4) is 0 Å². The quantitative estimate of drug-likeness (QED) is 0.493. The summed E-state index contributed by atoms with van der Waals surface area (Å²) in [5.74, 6) is 0. The molecule has 0 aromatic heterocycles. The topological polar surface area (TPSA) is 26.0 Å². The first-order chi connectivity index (χ1) is 2.91. The average molecular weight is 173 g/mol. The maximum atomic E-state index is 5.14. The zero-order valence-electron chi connectivity index (χ0n) is 4.43. The van der Waals surface area contributed by atoms with E-state index in [1.165, 1.54) is 0 Å². The summed E-state index contributed by atoms with van der Waals surface area (Å²) in [6.45, 7) is 5.78. The molecular weight excluding hydrogens is 163 g/mol. The molecule has 0 aliphatic rings. The van der Waals surface area contributed by atoms with Crippen molar-refractivity contribution in [3.63, 3.8) is 0 Å². The van der Waals surface area contributed by atoms with Crippen LogP contribution in [0.5, 0.6) is 0 Å². The molecule has 0 rings (SSSR count). The molecule has 0 aliphatic carbocycles. The molecule has 0 spiro atoms. The summed E-state index contributed by atoms with van der Waals surface area (Å²) in [5, 5.41) is 0. The third-order valence-corrected chi connectivity index (χ3v) is 0.575. The van der Waals surface area contributed by atoms with E-state index in [-0.39, 0.29) is 32.7 Å². The van der Waals surface area contributed by atoms with Crippen molar-refractivity contribution in [2.24, 2.45) is 5.73 Å². The van der Waals surface area contributed by atoms with E-state index < -0.39 is 0 Å². The van der Waals surface area contributed by atoms with Gasteiger partial charge in [0.05, 0.1) is 0 Å². The largest absolute Gasteiger partial charge is 0.518 e. The Morgan fingerprint density at radius 1 is 1.57 bits per heavy atom. The van der Waals surface area contributed by atoms with Gasteiger partial charge in [-0.1, -0.05) is 6.42 Å². The van der Waals surface area contributed by atoms with Crippen molar-refractivity contribution >= 4 is 0 Å². The fraction of sp³-hybridized carbons (Fsp3) is 0.600. The van der Waals surface area contributed by atoms with Crippen LogP contribution in [0.25, 0.3) is 0 Å². The van der Waals surface area contributed by atoms with Crippen LogP contribution in [0.4, 0.5) is 0 Å². The molecule has 0 atom stereocenters. The third-order valence-electron chi connectivity index (χ3n) is 0.575. The summed E-state index contributed by atoms with van der Waals surface area (Å²) in [7, 11) is 0. The van der Waals surface area contributed by atoms with E-state index in [4.69, 9.17) is 12.3 Å². The van der Waals surface area contributed by atoms with E-state index >= 15 is 0 Å². The van der Waals surface area contributed by atoms with Gasteiger partial charge in [0.15, 0.2) is 0 Å². The van der Waals surface area contributed by atoms with Crippen molar-refractivity contribution in [2.75, 3.05) is 6.54 Å². The van der Waals surface area contributed by atoms with Crippen molar-refractivity contribution < 1.29 is 32.7 Å². The monoisotopic (exact) mass is 173 g/mol. The Hall–Kier alpha value is 0.804. The predicted molar refractivity (Wildman–Crippen MR) is 27.2 cm³/mol. The second-order valence-corrected chi connectivity index (χ2v) is 1.17. The van der Waals surface area contributed by atoms with Crippen LogP contribution in [-0.2, 0) is 32.7 Å². The van der Waals surface area contributed by atoms with Crippen LogP contribution in [0.15, 0.2) is 6.08 Å². The molecule has 0 amide bonds. The molecule has 7 heavy (non-hydrogen) atoms. The molecule has 0 aromatic carbocycles. The molecule has 0 saturated heterocycles. The van der Waals surface area contributed by atoms with E-state index in [0.29, 0.717) is 0 Å². The Bertz CT molecular complexity index is 37.1. The van der Waals surface area contributed by atoms with Gasteiger partial charge in [-0.2, -0.15) is 0 Å². The van der Waals surface area contributed by atoms with E-state index in [9.17, 15) is 0 Å². The van der Waals surface area contributed by atoms with E-state index in [1.807, 2.05) is 0 Å². The van der Waals surface area contributed by atoms with E-state index in [1.54, 1.807) is 6.08 Å². The van der Waals surface area contributed by atoms with Gasteiger partial charge in [-0.3, -0.25) is 6.08 Å². The molecule has 0 saturated carbocycles. The minimum Gasteiger partial charge on any atom is -0.518 e. The fourth-order valence-electron chi connectivity index (χ4n) is 0.236. The smallest absolute Gasteiger partial charge is 0 e.